The minimum Gasteiger partial charge on any atom is -0.366 e. The van der Waals surface area contributed by atoms with Crippen LogP contribution in [0.25, 0.3) is 10.9 Å². The fraction of sp³-hybridized carbons (Fsp3) is 0.316. The molecule has 2 aromatic heterocycles. The van der Waals surface area contributed by atoms with Crippen molar-refractivity contribution < 1.29 is 14.0 Å². The molecule has 9 nitrogen and oxygen atoms in total. The molecule has 10 heteroatoms. The molecule has 1 aromatic carbocycles. The molecule has 0 aliphatic carbocycles. The minimum absolute atomic E-state index is 0.0712. The summed E-state index contributed by atoms with van der Waals surface area (Å²) in [5.41, 5.74) is 6.22. The second-order valence-electron chi connectivity index (χ2n) is 6.91. The third kappa shape index (κ3) is 3.60. The summed E-state index contributed by atoms with van der Waals surface area (Å²) in [4.78, 5) is 36.2. The zero-order chi connectivity index (χ0) is 20.5. The van der Waals surface area contributed by atoms with Crippen molar-refractivity contribution in [3.05, 3.63) is 48.2 Å². The zero-order valence-corrected chi connectivity index (χ0v) is 15.8. The number of halogens is 1. The number of carbonyl (C=O) groups is 2. The van der Waals surface area contributed by atoms with Gasteiger partial charge in [0.15, 0.2) is 5.82 Å². The first-order chi connectivity index (χ1) is 13.9. The minimum atomic E-state index is -0.557. The zero-order valence-electron chi connectivity index (χ0n) is 15.8. The van der Waals surface area contributed by atoms with Gasteiger partial charge in [-0.15, -0.1) is 0 Å². The van der Waals surface area contributed by atoms with Crippen molar-refractivity contribution in [1.29, 1.82) is 0 Å². The van der Waals surface area contributed by atoms with Crippen LogP contribution in [-0.2, 0) is 4.79 Å². The van der Waals surface area contributed by atoms with Crippen LogP contribution in [0.15, 0.2) is 36.8 Å². The number of hydrogen-bond donors (Lipinski definition) is 1. The first-order valence-corrected chi connectivity index (χ1v) is 9.23. The summed E-state index contributed by atoms with van der Waals surface area (Å²) in [5, 5.41) is 5.17. The first kappa shape index (κ1) is 18.8. The molecule has 150 valence electrons. The summed E-state index contributed by atoms with van der Waals surface area (Å²) < 4.78 is 14.6. The van der Waals surface area contributed by atoms with E-state index in [1.165, 1.54) is 0 Å². The third-order valence-corrected chi connectivity index (χ3v) is 5.05. The fourth-order valence-corrected chi connectivity index (χ4v) is 3.43. The maximum Gasteiger partial charge on any atom is 0.250 e. The van der Waals surface area contributed by atoms with E-state index in [1.54, 1.807) is 34.8 Å². The molecule has 0 radical (unpaired) electrons. The van der Waals surface area contributed by atoms with Gasteiger partial charge in [-0.05, 0) is 13.0 Å². The molecule has 0 spiro atoms. The predicted octanol–water partition coefficient (Wildman–Crippen LogP) is 0.974. The largest absolute Gasteiger partial charge is 0.366 e. The smallest absolute Gasteiger partial charge is 0.250 e. The van der Waals surface area contributed by atoms with E-state index in [9.17, 15) is 14.0 Å². The van der Waals surface area contributed by atoms with Gasteiger partial charge in [0.1, 0.15) is 11.6 Å². The van der Waals surface area contributed by atoms with Gasteiger partial charge in [0.25, 0.3) is 5.91 Å². The monoisotopic (exact) mass is 397 g/mol. The number of amides is 2. The van der Waals surface area contributed by atoms with Crippen LogP contribution in [-0.4, -0.2) is 62.6 Å². The van der Waals surface area contributed by atoms with Gasteiger partial charge in [-0.1, -0.05) is 12.1 Å². The second-order valence-corrected chi connectivity index (χ2v) is 6.91. The van der Waals surface area contributed by atoms with Crippen LogP contribution in [0, 0.1) is 5.82 Å². The predicted molar refractivity (Wildman–Crippen MR) is 104 cm³/mol. The number of aromatic nitrogens is 4. The van der Waals surface area contributed by atoms with Crippen LogP contribution in [0.1, 0.15) is 23.3 Å². The number of primary amides is 1. The van der Waals surface area contributed by atoms with Crippen LogP contribution in [0.4, 0.5) is 10.3 Å². The molecule has 0 saturated carbocycles. The average Bonchev–Trinajstić information content (AvgIpc) is 3.17. The molecule has 1 saturated heterocycles. The maximum absolute atomic E-state index is 13.0. The number of carbonyl (C=O) groups excluding carboxylic acids is 2. The third-order valence-electron chi connectivity index (χ3n) is 5.05. The fourth-order valence-electron chi connectivity index (χ4n) is 3.43. The average molecular weight is 397 g/mol. The van der Waals surface area contributed by atoms with Gasteiger partial charge >= 0.3 is 0 Å². The Bertz CT molecular complexity index is 1060. The van der Waals surface area contributed by atoms with E-state index < -0.39 is 17.8 Å². The van der Waals surface area contributed by atoms with Gasteiger partial charge in [0.2, 0.25) is 11.9 Å². The number of nitrogens with zero attached hydrogens (tertiary/aromatic N) is 6. The Labute approximate surface area is 165 Å². The van der Waals surface area contributed by atoms with E-state index in [0.29, 0.717) is 43.2 Å². The van der Waals surface area contributed by atoms with Crippen LogP contribution >= 0.6 is 0 Å². The molecule has 1 unspecified atom stereocenters. The number of anilines is 1. The SMILES string of the molecule is CC(C(=O)N1CCN(c2ncc(F)cn2)CC1)n1cc2cccc(C(N)=O)c2n1. The number of nitrogens with two attached hydrogens (primary N) is 1. The first-order valence-electron chi connectivity index (χ1n) is 9.23. The molecule has 2 amide bonds. The lowest BCUT2D eigenvalue weighted by Gasteiger charge is -2.35. The lowest BCUT2D eigenvalue weighted by atomic mass is 10.1. The molecule has 2 N–H and O–H groups in total. The molecule has 4 rings (SSSR count). The Morgan fingerprint density at radius 3 is 2.48 bits per heavy atom. The van der Waals surface area contributed by atoms with E-state index in [2.05, 4.69) is 15.1 Å². The van der Waals surface area contributed by atoms with Gasteiger partial charge in [0.05, 0.1) is 18.0 Å². The summed E-state index contributed by atoms with van der Waals surface area (Å²) in [6.45, 7) is 3.87. The highest BCUT2D eigenvalue weighted by atomic mass is 19.1. The molecule has 1 aliphatic rings. The number of piperazine rings is 1. The van der Waals surface area contributed by atoms with Gasteiger partial charge in [-0.25, -0.2) is 14.4 Å². The van der Waals surface area contributed by atoms with Crippen LogP contribution in [0.3, 0.4) is 0 Å². The number of benzene rings is 1. The van der Waals surface area contributed by atoms with Crippen molar-refractivity contribution in [2.75, 3.05) is 31.1 Å². The maximum atomic E-state index is 13.0. The Hall–Kier alpha value is -3.56. The van der Waals surface area contributed by atoms with Crippen molar-refractivity contribution in [2.24, 2.45) is 5.73 Å². The molecule has 29 heavy (non-hydrogen) atoms. The van der Waals surface area contributed by atoms with Crippen molar-refractivity contribution >= 4 is 28.7 Å². The molecular formula is C19H20FN7O2. The second kappa shape index (κ2) is 7.46. The molecular weight excluding hydrogens is 377 g/mol. The standard InChI is InChI=1S/C19H20FN7O2/c1-12(27-11-13-3-2-4-15(17(21)28)16(13)24-27)18(29)25-5-7-26(8-6-25)19-22-9-14(20)10-23-19/h2-4,9-12H,5-8H2,1H3,(H2,21,28). The van der Waals surface area contributed by atoms with E-state index >= 15 is 0 Å². The van der Waals surface area contributed by atoms with Crippen LogP contribution in [0.5, 0.6) is 0 Å². The molecule has 3 aromatic rings. The van der Waals surface area contributed by atoms with Crippen LogP contribution < -0.4 is 10.6 Å². The molecule has 0 bridgehead atoms. The quantitative estimate of drug-likeness (QED) is 0.703. The van der Waals surface area contributed by atoms with Gasteiger partial charge < -0.3 is 15.5 Å². The molecule has 1 aliphatic heterocycles. The Kier molecular flexibility index (Phi) is 4.83. The molecule has 1 fully saturated rings. The number of hydrogen-bond acceptors (Lipinski definition) is 6. The number of rotatable bonds is 4. The van der Waals surface area contributed by atoms with Crippen molar-refractivity contribution in [3.8, 4) is 0 Å². The molecule has 1 atom stereocenters. The topological polar surface area (TPSA) is 110 Å². The van der Waals surface area contributed by atoms with E-state index in [1.807, 2.05) is 11.0 Å². The van der Waals surface area contributed by atoms with E-state index in [-0.39, 0.29) is 5.91 Å². The highest BCUT2D eigenvalue weighted by molar-refractivity contribution is 6.04. The summed E-state index contributed by atoms with van der Waals surface area (Å²) in [6.07, 6.45) is 4.00. The van der Waals surface area contributed by atoms with Crippen molar-refractivity contribution in [1.82, 2.24) is 24.6 Å². The summed E-state index contributed by atoms with van der Waals surface area (Å²) in [6, 6.07) is 4.64. The Morgan fingerprint density at radius 2 is 1.83 bits per heavy atom. The normalized spacial score (nSPS) is 15.5. The van der Waals surface area contributed by atoms with Crippen molar-refractivity contribution in [3.63, 3.8) is 0 Å². The number of fused-ring (bicyclic) bond motifs is 1. The van der Waals surface area contributed by atoms with E-state index in [4.69, 9.17) is 5.73 Å². The lowest BCUT2D eigenvalue weighted by Crippen LogP contribution is -2.50. The highest BCUT2D eigenvalue weighted by Crippen LogP contribution is 2.21. The Morgan fingerprint density at radius 1 is 1.14 bits per heavy atom. The Balaban J connectivity index is 1.46. The van der Waals surface area contributed by atoms with E-state index in [0.717, 1.165) is 17.8 Å². The van der Waals surface area contributed by atoms with Crippen LogP contribution in [0.2, 0.25) is 0 Å². The summed E-state index contributed by atoms with van der Waals surface area (Å²) in [7, 11) is 0. The van der Waals surface area contributed by atoms with Gasteiger partial charge in [-0.2, -0.15) is 5.10 Å². The van der Waals surface area contributed by atoms with Crippen molar-refractivity contribution in [2.45, 2.75) is 13.0 Å². The lowest BCUT2D eigenvalue weighted by molar-refractivity contribution is -0.134. The molecule has 3 heterocycles. The highest BCUT2D eigenvalue weighted by Gasteiger charge is 2.27. The summed E-state index contributed by atoms with van der Waals surface area (Å²) >= 11 is 0. The van der Waals surface area contributed by atoms with Gasteiger partial charge in [-0.3, -0.25) is 14.3 Å². The van der Waals surface area contributed by atoms with Gasteiger partial charge in [0, 0.05) is 37.8 Å². The summed E-state index contributed by atoms with van der Waals surface area (Å²) in [5.74, 6) is -0.664.